The first-order chi connectivity index (χ1) is 12.5. The molecule has 0 spiro atoms. The smallest absolute Gasteiger partial charge is 0.227 e. The van der Waals surface area contributed by atoms with Crippen molar-refractivity contribution < 1.29 is 4.79 Å². The molecule has 26 heavy (non-hydrogen) atoms. The number of amides is 1. The molecule has 1 unspecified atom stereocenters. The third kappa shape index (κ3) is 4.53. The molecule has 1 heterocycles. The predicted molar refractivity (Wildman–Crippen MR) is 107 cm³/mol. The van der Waals surface area contributed by atoms with E-state index in [9.17, 15) is 4.79 Å². The maximum atomic E-state index is 13.0. The summed E-state index contributed by atoms with van der Waals surface area (Å²) in [5.41, 5.74) is 4.83. The molecule has 1 amide bonds. The molecule has 0 saturated carbocycles. The van der Waals surface area contributed by atoms with Gasteiger partial charge in [0.2, 0.25) is 5.91 Å². The summed E-state index contributed by atoms with van der Waals surface area (Å²) in [5, 5.41) is 0. The van der Waals surface area contributed by atoms with Crippen molar-refractivity contribution in [1.29, 1.82) is 0 Å². The van der Waals surface area contributed by atoms with E-state index in [0.717, 1.165) is 25.2 Å². The lowest BCUT2D eigenvalue weighted by Gasteiger charge is -2.32. The van der Waals surface area contributed by atoms with Crippen molar-refractivity contribution in [2.75, 3.05) is 26.7 Å². The maximum Gasteiger partial charge on any atom is 0.227 e. The molecule has 1 saturated heterocycles. The standard InChI is InChI=1S/C23H30N2O/c1-18-11-12-20(15-19(18)2)16-23(26)24(3)22(17-25-13-7-8-14-25)21-9-5-4-6-10-21/h4-6,9-12,15,22H,7-8,13-14,16-17H2,1-3H3. The minimum absolute atomic E-state index is 0.105. The molecule has 1 aliphatic rings. The first kappa shape index (κ1) is 18.7. The Hall–Kier alpha value is -2.13. The molecule has 2 aromatic rings. The normalized spacial score (nSPS) is 15.8. The number of nitrogens with zero attached hydrogens (tertiary/aromatic N) is 2. The highest BCUT2D eigenvalue weighted by molar-refractivity contribution is 5.79. The Morgan fingerprint density at radius 1 is 1.04 bits per heavy atom. The number of rotatable bonds is 6. The van der Waals surface area contributed by atoms with Gasteiger partial charge in [-0.05, 0) is 62.0 Å². The van der Waals surface area contributed by atoms with E-state index in [0.29, 0.717) is 6.42 Å². The maximum absolute atomic E-state index is 13.0. The van der Waals surface area contributed by atoms with E-state index in [1.165, 1.54) is 29.5 Å². The third-order valence-corrected chi connectivity index (χ3v) is 5.60. The largest absolute Gasteiger partial charge is 0.337 e. The summed E-state index contributed by atoms with van der Waals surface area (Å²) in [5.74, 6) is 0.182. The fourth-order valence-corrected chi connectivity index (χ4v) is 3.72. The molecular weight excluding hydrogens is 320 g/mol. The highest BCUT2D eigenvalue weighted by Gasteiger charge is 2.25. The molecule has 1 atom stereocenters. The van der Waals surface area contributed by atoms with Crippen LogP contribution >= 0.6 is 0 Å². The molecule has 138 valence electrons. The van der Waals surface area contributed by atoms with Crippen LogP contribution in [0.25, 0.3) is 0 Å². The monoisotopic (exact) mass is 350 g/mol. The zero-order chi connectivity index (χ0) is 18.5. The molecule has 0 N–H and O–H groups in total. The summed E-state index contributed by atoms with van der Waals surface area (Å²) >= 11 is 0. The van der Waals surface area contributed by atoms with E-state index in [4.69, 9.17) is 0 Å². The highest BCUT2D eigenvalue weighted by Crippen LogP contribution is 2.24. The average Bonchev–Trinajstić information content (AvgIpc) is 3.16. The van der Waals surface area contributed by atoms with Crippen molar-refractivity contribution in [1.82, 2.24) is 9.80 Å². The molecule has 1 fully saturated rings. The lowest BCUT2D eigenvalue weighted by molar-refractivity contribution is -0.131. The van der Waals surface area contributed by atoms with Crippen LogP contribution in [0, 0.1) is 13.8 Å². The fourth-order valence-electron chi connectivity index (χ4n) is 3.72. The van der Waals surface area contributed by atoms with Crippen LogP contribution in [0.2, 0.25) is 0 Å². The van der Waals surface area contributed by atoms with Crippen LogP contribution in [-0.2, 0) is 11.2 Å². The Balaban J connectivity index is 1.75. The van der Waals surface area contributed by atoms with Crippen LogP contribution in [0.3, 0.4) is 0 Å². The van der Waals surface area contributed by atoms with Gasteiger partial charge in [-0.3, -0.25) is 4.79 Å². The van der Waals surface area contributed by atoms with Gasteiger partial charge in [-0.15, -0.1) is 0 Å². The van der Waals surface area contributed by atoms with Crippen molar-refractivity contribution in [3.8, 4) is 0 Å². The van der Waals surface area contributed by atoms with Gasteiger partial charge in [-0.25, -0.2) is 0 Å². The minimum Gasteiger partial charge on any atom is -0.337 e. The second-order valence-electron chi connectivity index (χ2n) is 7.53. The van der Waals surface area contributed by atoms with Crippen molar-refractivity contribution in [2.45, 2.75) is 39.2 Å². The Morgan fingerprint density at radius 3 is 2.38 bits per heavy atom. The topological polar surface area (TPSA) is 23.6 Å². The SMILES string of the molecule is Cc1ccc(CC(=O)N(C)C(CN2CCCC2)c2ccccc2)cc1C. The second-order valence-corrected chi connectivity index (χ2v) is 7.53. The van der Waals surface area contributed by atoms with Crippen LogP contribution in [0.5, 0.6) is 0 Å². The van der Waals surface area contributed by atoms with Gasteiger partial charge < -0.3 is 9.80 Å². The van der Waals surface area contributed by atoms with Crippen LogP contribution in [0.15, 0.2) is 48.5 Å². The number of benzene rings is 2. The van der Waals surface area contributed by atoms with Crippen LogP contribution in [0.1, 0.15) is 41.1 Å². The van der Waals surface area contributed by atoms with E-state index in [2.05, 4.69) is 61.2 Å². The molecular formula is C23H30N2O. The van der Waals surface area contributed by atoms with Gasteiger partial charge in [0.1, 0.15) is 0 Å². The quantitative estimate of drug-likeness (QED) is 0.782. The number of hydrogen-bond donors (Lipinski definition) is 0. The van der Waals surface area contributed by atoms with E-state index in [1.54, 1.807) is 0 Å². The van der Waals surface area contributed by atoms with Gasteiger partial charge in [-0.2, -0.15) is 0 Å². The van der Waals surface area contributed by atoms with E-state index >= 15 is 0 Å². The summed E-state index contributed by atoms with van der Waals surface area (Å²) in [6.07, 6.45) is 2.99. The van der Waals surface area contributed by atoms with Gasteiger partial charge >= 0.3 is 0 Å². The van der Waals surface area contributed by atoms with Gasteiger partial charge in [-0.1, -0.05) is 48.5 Å². The number of aryl methyl sites for hydroxylation is 2. The van der Waals surface area contributed by atoms with Gasteiger partial charge in [0.05, 0.1) is 12.5 Å². The van der Waals surface area contributed by atoms with Crippen LogP contribution in [0.4, 0.5) is 0 Å². The van der Waals surface area contributed by atoms with Gasteiger partial charge in [0.15, 0.2) is 0 Å². The molecule has 1 aliphatic heterocycles. The van der Waals surface area contributed by atoms with E-state index in [1.807, 2.05) is 18.0 Å². The predicted octanol–water partition coefficient (Wildman–Crippen LogP) is 4.14. The molecule has 3 nitrogen and oxygen atoms in total. The Morgan fingerprint density at radius 2 is 1.73 bits per heavy atom. The second kappa shape index (κ2) is 8.50. The van der Waals surface area contributed by atoms with E-state index in [-0.39, 0.29) is 11.9 Å². The van der Waals surface area contributed by atoms with Crippen molar-refractivity contribution in [3.63, 3.8) is 0 Å². The molecule has 0 bridgehead atoms. The number of carbonyl (C=O) groups is 1. The summed E-state index contributed by atoms with van der Waals surface area (Å²) in [4.78, 5) is 17.4. The average molecular weight is 351 g/mol. The van der Waals surface area contributed by atoms with Crippen LogP contribution < -0.4 is 0 Å². The summed E-state index contributed by atoms with van der Waals surface area (Å²) in [6, 6.07) is 16.9. The van der Waals surface area contributed by atoms with Crippen molar-refractivity contribution >= 4 is 5.91 Å². The Labute approximate surface area is 157 Å². The zero-order valence-electron chi connectivity index (χ0n) is 16.2. The summed E-state index contributed by atoms with van der Waals surface area (Å²) in [6.45, 7) is 7.41. The lowest BCUT2D eigenvalue weighted by Crippen LogP contribution is -2.39. The first-order valence-corrected chi connectivity index (χ1v) is 9.63. The van der Waals surface area contributed by atoms with Crippen molar-refractivity contribution in [3.05, 3.63) is 70.8 Å². The number of hydrogen-bond acceptors (Lipinski definition) is 2. The number of likely N-dealkylation sites (tertiary alicyclic amines) is 1. The molecule has 0 aliphatic carbocycles. The minimum atomic E-state index is 0.105. The third-order valence-electron chi connectivity index (χ3n) is 5.60. The zero-order valence-corrected chi connectivity index (χ0v) is 16.2. The molecule has 3 rings (SSSR count). The first-order valence-electron chi connectivity index (χ1n) is 9.63. The Kier molecular flexibility index (Phi) is 6.10. The Bertz CT molecular complexity index is 735. The number of carbonyl (C=O) groups excluding carboxylic acids is 1. The molecule has 0 aromatic heterocycles. The number of likely N-dealkylation sites (N-methyl/N-ethyl adjacent to an activating group) is 1. The summed E-state index contributed by atoms with van der Waals surface area (Å²) < 4.78 is 0. The lowest BCUT2D eigenvalue weighted by atomic mass is 10.0. The van der Waals surface area contributed by atoms with Crippen LogP contribution in [-0.4, -0.2) is 42.4 Å². The fraction of sp³-hybridized carbons (Fsp3) is 0.435. The van der Waals surface area contributed by atoms with Crippen molar-refractivity contribution in [2.24, 2.45) is 0 Å². The molecule has 3 heteroatoms. The summed E-state index contributed by atoms with van der Waals surface area (Å²) in [7, 11) is 1.96. The molecule has 0 radical (unpaired) electrons. The highest BCUT2D eigenvalue weighted by atomic mass is 16.2. The molecule has 2 aromatic carbocycles. The van der Waals surface area contributed by atoms with E-state index < -0.39 is 0 Å². The van der Waals surface area contributed by atoms with Gasteiger partial charge in [0.25, 0.3) is 0 Å². The van der Waals surface area contributed by atoms with Gasteiger partial charge in [0, 0.05) is 13.6 Å².